The van der Waals surface area contributed by atoms with Gasteiger partial charge in [0.05, 0.1) is 6.54 Å². The Morgan fingerprint density at radius 3 is 2.56 bits per heavy atom. The molecule has 3 aliphatic rings. The second-order valence-corrected chi connectivity index (χ2v) is 7.43. The summed E-state index contributed by atoms with van der Waals surface area (Å²) in [5, 5.41) is 5.77. The van der Waals surface area contributed by atoms with E-state index in [0.717, 1.165) is 45.2 Å². The Bertz CT molecular complexity index is 687. The molecular weight excluding hydrogens is 367 g/mol. The summed E-state index contributed by atoms with van der Waals surface area (Å²) >= 11 is 0. The molecule has 0 aliphatic carbocycles. The minimum Gasteiger partial charge on any atom is -0.441 e. The number of alkyl halides is 3. The highest BCUT2D eigenvalue weighted by Crippen LogP contribution is 2.32. The molecule has 3 fully saturated rings. The number of rotatable bonds is 2. The fraction of sp³-hybridized carbons (Fsp3) is 0.812. The van der Waals surface area contributed by atoms with Crippen molar-refractivity contribution in [2.45, 2.75) is 49.9 Å². The van der Waals surface area contributed by atoms with E-state index >= 15 is 0 Å². The zero-order chi connectivity index (χ0) is 19.1. The van der Waals surface area contributed by atoms with Gasteiger partial charge in [0.15, 0.2) is 0 Å². The number of carbonyl (C=O) groups excluding carboxylic acids is 1. The quantitative estimate of drug-likeness (QED) is 0.829. The van der Waals surface area contributed by atoms with Crippen molar-refractivity contribution in [2.24, 2.45) is 0 Å². The molecule has 11 heteroatoms. The molecule has 1 amide bonds. The van der Waals surface area contributed by atoms with E-state index in [1.807, 2.05) is 0 Å². The van der Waals surface area contributed by atoms with Crippen LogP contribution in [0.5, 0.6) is 0 Å². The Hall–Kier alpha value is -2.04. The summed E-state index contributed by atoms with van der Waals surface area (Å²) < 4.78 is 48.2. The fourth-order valence-corrected chi connectivity index (χ4v) is 4.17. The van der Waals surface area contributed by atoms with E-state index in [0.29, 0.717) is 25.7 Å². The predicted molar refractivity (Wildman–Crippen MR) is 87.2 cm³/mol. The minimum atomic E-state index is -4.60. The Labute approximate surface area is 154 Å². The summed E-state index contributed by atoms with van der Waals surface area (Å²) in [4.78, 5) is 19.0. The summed E-state index contributed by atoms with van der Waals surface area (Å²) in [6.45, 7) is 3.42. The molecule has 0 aromatic carbocycles. The lowest BCUT2D eigenvalue weighted by molar-refractivity contribution is -0.146. The monoisotopic (exact) mass is 389 g/mol. The highest BCUT2D eigenvalue weighted by molar-refractivity contribution is 5.70. The van der Waals surface area contributed by atoms with Crippen molar-refractivity contribution in [3.8, 4) is 0 Å². The topological polar surface area (TPSA) is 83.7 Å². The molecule has 0 radical (unpaired) electrons. The standard InChI is InChI=1S/C16H22F3N5O3/c17-16(18,19)12-21-13(27-22-12)24-6-1-2-11(3-7-24)23-8-4-15(5-9-23)10-20-14(25)26-15/h11H,1-10H2,(H,20,25). The summed E-state index contributed by atoms with van der Waals surface area (Å²) in [7, 11) is 0. The van der Waals surface area contributed by atoms with E-state index in [9.17, 15) is 18.0 Å². The van der Waals surface area contributed by atoms with E-state index in [4.69, 9.17) is 9.26 Å². The zero-order valence-corrected chi connectivity index (χ0v) is 14.8. The van der Waals surface area contributed by atoms with Crippen molar-refractivity contribution in [2.75, 3.05) is 37.6 Å². The molecule has 1 atom stereocenters. The number of nitrogens with one attached hydrogen (secondary N) is 1. The van der Waals surface area contributed by atoms with Crippen molar-refractivity contribution < 1.29 is 27.2 Å². The lowest BCUT2D eigenvalue weighted by Gasteiger charge is -2.40. The van der Waals surface area contributed by atoms with Gasteiger partial charge in [-0.25, -0.2) is 4.79 Å². The molecule has 150 valence electrons. The Morgan fingerprint density at radius 1 is 1.15 bits per heavy atom. The summed E-state index contributed by atoms with van der Waals surface area (Å²) in [5.74, 6) is -1.24. The molecule has 1 aromatic rings. The number of hydrogen-bond acceptors (Lipinski definition) is 7. The van der Waals surface area contributed by atoms with Gasteiger partial charge >= 0.3 is 18.3 Å². The van der Waals surface area contributed by atoms with Gasteiger partial charge in [-0.1, -0.05) is 0 Å². The Kier molecular flexibility index (Phi) is 4.65. The molecule has 1 spiro atoms. The van der Waals surface area contributed by atoms with Gasteiger partial charge in [0.2, 0.25) is 0 Å². The number of halogens is 3. The number of likely N-dealkylation sites (tertiary alicyclic amines) is 1. The molecule has 1 unspecified atom stereocenters. The van der Waals surface area contributed by atoms with Crippen molar-refractivity contribution in [1.29, 1.82) is 0 Å². The SMILES string of the molecule is O=C1NCC2(CCN(C3CCCN(c4nc(C(F)(F)F)no4)CC3)CC2)O1. The van der Waals surface area contributed by atoms with Crippen molar-refractivity contribution in [3.05, 3.63) is 5.82 Å². The molecule has 3 saturated heterocycles. The van der Waals surface area contributed by atoms with E-state index in [-0.39, 0.29) is 17.7 Å². The minimum absolute atomic E-state index is 0.0653. The molecule has 8 nitrogen and oxygen atoms in total. The fourth-order valence-electron chi connectivity index (χ4n) is 4.17. The number of ether oxygens (including phenoxy) is 1. The first kappa shape index (κ1) is 18.3. The summed E-state index contributed by atoms with van der Waals surface area (Å²) in [5.41, 5.74) is -0.373. The first-order valence-corrected chi connectivity index (χ1v) is 9.21. The molecule has 27 heavy (non-hydrogen) atoms. The third-order valence-corrected chi connectivity index (χ3v) is 5.73. The number of piperidine rings is 1. The van der Waals surface area contributed by atoms with Gasteiger partial charge in [-0.3, -0.25) is 0 Å². The van der Waals surface area contributed by atoms with Crippen LogP contribution < -0.4 is 10.2 Å². The van der Waals surface area contributed by atoms with Crippen molar-refractivity contribution in [1.82, 2.24) is 20.4 Å². The van der Waals surface area contributed by atoms with Crippen LogP contribution >= 0.6 is 0 Å². The second-order valence-electron chi connectivity index (χ2n) is 7.43. The average molecular weight is 389 g/mol. The number of carbonyl (C=O) groups is 1. The van der Waals surface area contributed by atoms with Crippen LogP contribution in [0.15, 0.2) is 4.52 Å². The highest BCUT2D eigenvalue weighted by atomic mass is 19.4. The van der Waals surface area contributed by atoms with Gasteiger partial charge in [-0.05, 0) is 24.4 Å². The lowest BCUT2D eigenvalue weighted by Crippen LogP contribution is -2.50. The van der Waals surface area contributed by atoms with E-state index < -0.39 is 12.0 Å². The van der Waals surface area contributed by atoms with Crippen LogP contribution in [-0.2, 0) is 10.9 Å². The summed E-state index contributed by atoms with van der Waals surface area (Å²) in [6.07, 6.45) is -0.734. The average Bonchev–Trinajstić information content (AvgIpc) is 3.17. The number of nitrogens with zero attached hydrogens (tertiary/aromatic N) is 4. The van der Waals surface area contributed by atoms with Crippen molar-refractivity contribution >= 4 is 12.1 Å². The van der Waals surface area contributed by atoms with E-state index in [1.165, 1.54) is 0 Å². The maximum absolute atomic E-state index is 12.7. The molecule has 3 aliphatic heterocycles. The second kappa shape index (κ2) is 6.84. The van der Waals surface area contributed by atoms with Crippen LogP contribution in [0.3, 0.4) is 0 Å². The predicted octanol–water partition coefficient (Wildman–Crippen LogP) is 2.02. The Balaban J connectivity index is 1.33. The number of hydrogen-bond donors (Lipinski definition) is 1. The maximum atomic E-state index is 12.7. The van der Waals surface area contributed by atoms with E-state index in [2.05, 4.69) is 20.4 Å². The first-order valence-electron chi connectivity index (χ1n) is 9.21. The van der Waals surface area contributed by atoms with Crippen LogP contribution in [-0.4, -0.2) is 65.5 Å². The smallest absolute Gasteiger partial charge is 0.441 e. The largest absolute Gasteiger partial charge is 0.455 e. The molecule has 0 saturated carbocycles. The molecule has 4 heterocycles. The number of amides is 1. The molecule has 1 N–H and O–H groups in total. The van der Waals surface area contributed by atoms with Crippen LogP contribution in [0.25, 0.3) is 0 Å². The Morgan fingerprint density at radius 2 is 1.93 bits per heavy atom. The third kappa shape index (κ3) is 3.83. The van der Waals surface area contributed by atoms with Crippen LogP contribution in [0, 0.1) is 0 Å². The number of anilines is 1. The number of alkyl carbamates (subject to hydrolysis) is 1. The van der Waals surface area contributed by atoms with Crippen molar-refractivity contribution in [3.63, 3.8) is 0 Å². The highest BCUT2D eigenvalue weighted by Gasteiger charge is 2.44. The first-order chi connectivity index (χ1) is 12.8. The zero-order valence-electron chi connectivity index (χ0n) is 14.8. The van der Waals surface area contributed by atoms with Gasteiger partial charge in [-0.15, -0.1) is 0 Å². The van der Waals surface area contributed by atoms with Gasteiger partial charge < -0.3 is 24.4 Å². The van der Waals surface area contributed by atoms with Crippen LogP contribution in [0.4, 0.5) is 24.0 Å². The van der Waals surface area contributed by atoms with Gasteiger partial charge in [-0.2, -0.15) is 18.2 Å². The lowest BCUT2D eigenvalue weighted by atomic mass is 9.90. The van der Waals surface area contributed by atoms with Crippen LogP contribution in [0.1, 0.15) is 37.9 Å². The van der Waals surface area contributed by atoms with Gasteiger partial charge in [0.1, 0.15) is 5.60 Å². The van der Waals surface area contributed by atoms with E-state index in [1.54, 1.807) is 4.90 Å². The van der Waals surface area contributed by atoms with Gasteiger partial charge in [0.25, 0.3) is 5.82 Å². The molecule has 4 rings (SSSR count). The third-order valence-electron chi connectivity index (χ3n) is 5.73. The number of aromatic nitrogens is 2. The normalized spacial score (nSPS) is 26.7. The molecule has 1 aromatic heterocycles. The summed E-state index contributed by atoms with van der Waals surface area (Å²) in [6, 6.07) is 0.284. The van der Waals surface area contributed by atoms with Crippen LogP contribution in [0.2, 0.25) is 0 Å². The maximum Gasteiger partial charge on any atom is 0.455 e. The molecule has 0 bridgehead atoms. The molecular formula is C16H22F3N5O3. The van der Waals surface area contributed by atoms with Gasteiger partial charge in [0, 0.05) is 45.1 Å².